The van der Waals surface area contributed by atoms with Gasteiger partial charge in [0.1, 0.15) is 5.75 Å². The zero-order valence-corrected chi connectivity index (χ0v) is 15.0. The third-order valence-corrected chi connectivity index (χ3v) is 4.77. The fraction of sp³-hybridized carbons (Fsp3) is 0.611. The van der Waals surface area contributed by atoms with Gasteiger partial charge in [-0.05, 0) is 30.9 Å². The van der Waals surface area contributed by atoms with E-state index in [1.54, 1.807) is 7.11 Å². The van der Waals surface area contributed by atoms with Crippen LogP contribution in [0.1, 0.15) is 24.8 Å². The molecule has 1 amide bonds. The predicted molar refractivity (Wildman–Crippen MR) is 95.9 cm³/mol. The maximum absolute atomic E-state index is 12.7. The van der Waals surface area contributed by atoms with Gasteiger partial charge in [-0.3, -0.25) is 4.79 Å². The van der Waals surface area contributed by atoms with Crippen LogP contribution in [0.4, 0.5) is 0 Å². The first kappa shape index (κ1) is 19.0. The fourth-order valence-corrected chi connectivity index (χ4v) is 3.58. The molecule has 2 fully saturated rings. The molecule has 134 valence electrons. The number of likely N-dealkylation sites (tertiary alicyclic amines) is 1. The normalized spacial score (nSPS) is 23.6. The molecule has 0 radical (unpaired) electrons. The second-order valence-corrected chi connectivity index (χ2v) is 6.33. The van der Waals surface area contributed by atoms with E-state index in [2.05, 4.69) is 16.3 Å². The number of carbonyl (C=O) groups excluding carboxylic acids is 1. The fourth-order valence-electron chi connectivity index (χ4n) is 3.58. The molecule has 1 aromatic rings. The Morgan fingerprint density at radius 3 is 3.00 bits per heavy atom. The first-order valence-corrected chi connectivity index (χ1v) is 8.50. The number of hydrogen-bond acceptors (Lipinski definition) is 4. The van der Waals surface area contributed by atoms with Crippen LogP contribution in [-0.4, -0.2) is 56.3 Å². The van der Waals surface area contributed by atoms with Gasteiger partial charge in [-0.15, -0.1) is 12.4 Å². The highest BCUT2D eigenvalue weighted by Crippen LogP contribution is 2.26. The van der Waals surface area contributed by atoms with E-state index in [4.69, 9.17) is 9.47 Å². The highest BCUT2D eigenvalue weighted by atomic mass is 35.5. The first-order chi connectivity index (χ1) is 11.3. The van der Waals surface area contributed by atoms with Gasteiger partial charge in [0, 0.05) is 31.6 Å². The summed E-state index contributed by atoms with van der Waals surface area (Å²) in [5.74, 6) is 1.15. The van der Waals surface area contributed by atoms with Crippen LogP contribution in [0.3, 0.4) is 0 Å². The Bertz CT molecular complexity index is 535. The average molecular weight is 355 g/mol. The summed E-state index contributed by atoms with van der Waals surface area (Å²) in [6.07, 6.45) is 3.55. The molecule has 1 aromatic carbocycles. The molecular weight excluding hydrogens is 328 g/mol. The molecule has 2 aliphatic heterocycles. The number of nitrogens with zero attached hydrogens (tertiary/aromatic N) is 1. The average Bonchev–Trinajstić information content (AvgIpc) is 3.04. The second-order valence-electron chi connectivity index (χ2n) is 6.33. The van der Waals surface area contributed by atoms with Crippen molar-refractivity contribution in [3.05, 3.63) is 29.8 Å². The van der Waals surface area contributed by atoms with E-state index in [-0.39, 0.29) is 30.4 Å². The molecule has 0 saturated carbocycles. The summed E-state index contributed by atoms with van der Waals surface area (Å²) in [5.41, 5.74) is 1.18. The van der Waals surface area contributed by atoms with Gasteiger partial charge in [0.15, 0.2) is 0 Å². The molecular formula is C18H27ClN2O3. The quantitative estimate of drug-likeness (QED) is 0.879. The van der Waals surface area contributed by atoms with Gasteiger partial charge in [-0.2, -0.15) is 0 Å². The van der Waals surface area contributed by atoms with Crippen LogP contribution in [0.15, 0.2) is 24.3 Å². The maximum Gasteiger partial charge on any atom is 0.224 e. The molecule has 0 aliphatic carbocycles. The molecule has 0 aromatic heterocycles. The smallest absolute Gasteiger partial charge is 0.224 e. The van der Waals surface area contributed by atoms with Crippen LogP contribution in [0, 0.1) is 0 Å². The summed E-state index contributed by atoms with van der Waals surface area (Å²) < 4.78 is 10.9. The second kappa shape index (κ2) is 9.25. The Kier molecular flexibility index (Phi) is 7.34. The molecule has 5 nitrogen and oxygen atoms in total. The number of amides is 1. The van der Waals surface area contributed by atoms with Gasteiger partial charge >= 0.3 is 0 Å². The molecule has 1 N–H and O–H groups in total. The van der Waals surface area contributed by atoms with Gasteiger partial charge in [-0.1, -0.05) is 18.2 Å². The minimum atomic E-state index is 0. The van der Waals surface area contributed by atoms with Crippen molar-refractivity contribution in [3.63, 3.8) is 0 Å². The van der Waals surface area contributed by atoms with Gasteiger partial charge in [0.05, 0.1) is 20.3 Å². The number of nitrogens with one attached hydrogen (secondary N) is 1. The predicted octanol–water partition coefficient (Wildman–Crippen LogP) is 2.03. The number of hydrogen-bond donors (Lipinski definition) is 1. The topological polar surface area (TPSA) is 50.8 Å². The van der Waals surface area contributed by atoms with Crippen LogP contribution in [0.25, 0.3) is 0 Å². The van der Waals surface area contributed by atoms with Gasteiger partial charge < -0.3 is 19.7 Å². The maximum atomic E-state index is 12.7. The molecule has 0 bridgehead atoms. The number of rotatable bonds is 5. The number of benzene rings is 1. The van der Waals surface area contributed by atoms with Crippen molar-refractivity contribution in [2.45, 2.75) is 37.8 Å². The van der Waals surface area contributed by atoms with E-state index in [1.807, 2.05) is 18.2 Å². The van der Waals surface area contributed by atoms with Crippen molar-refractivity contribution in [1.29, 1.82) is 0 Å². The molecule has 24 heavy (non-hydrogen) atoms. The SMILES string of the molecule is COc1ccccc1CC1CCCN1C(=O)CC1COCCN1.Cl. The van der Waals surface area contributed by atoms with E-state index in [0.717, 1.165) is 44.7 Å². The highest BCUT2D eigenvalue weighted by molar-refractivity contribution is 5.85. The van der Waals surface area contributed by atoms with E-state index in [0.29, 0.717) is 13.0 Å². The van der Waals surface area contributed by atoms with Crippen molar-refractivity contribution in [1.82, 2.24) is 10.2 Å². The summed E-state index contributed by atoms with van der Waals surface area (Å²) in [7, 11) is 1.70. The van der Waals surface area contributed by atoms with Crippen molar-refractivity contribution in [3.8, 4) is 5.75 Å². The first-order valence-electron chi connectivity index (χ1n) is 8.50. The molecule has 3 rings (SSSR count). The summed E-state index contributed by atoms with van der Waals surface area (Å²) in [5, 5.41) is 3.36. The number of halogens is 1. The lowest BCUT2D eigenvalue weighted by Gasteiger charge is -2.29. The molecule has 2 atom stereocenters. The van der Waals surface area contributed by atoms with Crippen LogP contribution >= 0.6 is 12.4 Å². The number of methoxy groups -OCH3 is 1. The summed E-state index contributed by atoms with van der Waals surface area (Å²) in [6.45, 7) is 3.08. The molecule has 0 spiro atoms. The standard InChI is InChI=1S/C18H26N2O3.ClH/c1-22-17-7-3-2-5-14(17)11-16-6-4-9-20(16)18(21)12-15-13-23-10-8-19-15;/h2-3,5,7,15-16,19H,4,6,8-13H2,1H3;1H. The summed E-state index contributed by atoms with van der Waals surface area (Å²) in [6, 6.07) is 8.53. The number of ether oxygens (including phenoxy) is 2. The van der Waals surface area contributed by atoms with Gasteiger partial charge in [-0.25, -0.2) is 0 Å². The Labute approximate surface area is 150 Å². The Morgan fingerprint density at radius 1 is 1.42 bits per heavy atom. The lowest BCUT2D eigenvalue weighted by molar-refractivity contribution is -0.133. The minimum Gasteiger partial charge on any atom is -0.496 e. The largest absolute Gasteiger partial charge is 0.496 e. The van der Waals surface area contributed by atoms with E-state index < -0.39 is 0 Å². The Hall–Kier alpha value is -1.30. The Balaban J connectivity index is 0.00000208. The van der Waals surface area contributed by atoms with Gasteiger partial charge in [0.2, 0.25) is 5.91 Å². The number of para-hydroxylation sites is 1. The summed E-state index contributed by atoms with van der Waals surface area (Å²) >= 11 is 0. The summed E-state index contributed by atoms with van der Waals surface area (Å²) in [4.78, 5) is 14.7. The molecule has 6 heteroatoms. The van der Waals surface area contributed by atoms with E-state index in [1.165, 1.54) is 5.56 Å². The Morgan fingerprint density at radius 2 is 2.25 bits per heavy atom. The van der Waals surface area contributed by atoms with Crippen molar-refractivity contribution in [2.24, 2.45) is 0 Å². The third kappa shape index (κ3) is 4.62. The van der Waals surface area contributed by atoms with Crippen molar-refractivity contribution >= 4 is 18.3 Å². The van der Waals surface area contributed by atoms with E-state index in [9.17, 15) is 4.79 Å². The number of morpholine rings is 1. The molecule has 2 saturated heterocycles. The zero-order chi connectivity index (χ0) is 16.1. The monoisotopic (exact) mass is 354 g/mol. The molecule has 2 heterocycles. The highest BCUT2D eigenvalue weighted by Gasteiger charge is 2.31. The number of carbonyl (C=O) groups is 1. The lowest BCUT2D eigenvalue weighted by atomic mass is 10.0. The van der Waals surface area contributed by atoms with Crippen molar-refractivity contribution in [2.75, 3.05) is 33.4 Å². The molecule has 2 unspecified atom stereocenters. The third-order valence-electron chi connectivity index (χ3n) is 4.77. The van der Waals surface area contributed by atoms with Gasteiger partial charge in [0.25, 0.3) is 0 Å². The lowest BCUT2D eigenvalue weighted by Crippen LogP contribution is -2.46. The van der Waals surface area contributed by atoms with Crippen molar-refractivity contribution < 1.29 is 14.3 Å². The van der Waals surface area contributed by atoms with Crippen LogP contribution in [0.2, 0.25) is 0 Å². The molecule has 2 aliphatic rings. The van der Waals surface area contributed by atoms with E-state index >= 15 is 0 Å². The van der Waals surface area contributed by atoms with Crippen LogP contribution in [0.5, 0.6) is 5.75 Å². The van der Waals surface area contributed by atoms with Crippen LogP contribution in [-0.2, 0) is 16.0 Å². The zero-order valence-electron chi connectivity index (χ0n) is 14.2. The van der Waals surface area contributed by atoms with Crippen LogP contribution < -0.4 is 10.1 Å². The minimum absolute atomic E-state index is 0.